The second-order valence-corrected chi connectivity index (χ2v) is 13.0. The Hall–Kier alpha value is -4.54. The lowest BCUT2D eigenvalue weighted by Gasteiger charge is -2.48. The molecule has 3 aliphatic heterocycles. The van der Waals surface area contributed by atoms with Gasteiger partial charge in [-0.2, -0.15) is 0 Å². The van der Waals surface area contributed by atoms with Crippen LogP contribution >= 0.6 is 0 Å². The molecule has 0 unspecified atom stereocenters. The highest BCUT2D eigenvalue weighted by Crippen LogP contribution is 2.50. The molecule has 0 amide bonds. The number of allylic oxidation sites excluding steroid dienone is 3. The van der Waals surface area contributed by atoms with Gasteiger partial charge in [0.15, 0.2) is 5.60 Å². The highest BCUT2D eigenvalue weighted by molar-refractivity contribution is 5.72. The molecule has 0 aliphatic carbocycles. The minimum absolute atomic E-state index is 0.0987. The van der Waals surface area contributed by atoms with Gasteiger partial charge in [-0.3, -0.25) is 0 Å². The topological polar surface area (TPSA) is 40.6 Å². The van der Waals surface area contributed by atoms with Gasteiger partial charge in [0.05, 0.1) is 12.6 Å². The summed E-state index contributed by atoms with van der Waals surface area (Å²) in [4.78, 5) is 6.18. The van der Waals surface area contributed by atoms with Gasteiger partial charge in [0, 0.05) is 36.3 Å². The number of nitriles is 1. The van der Waals surface area contributed by atoms with Crippen LogP contribution in [0.4, 0.5) is 5.69 Å². The molecule has 4 heteroatoms. The summed E-state index contributed by atoms with van der Waals surface area (Å²) in [6, 6.07) is 27.1. The molecule has 3 heterocycles. The average molecular weight is 552 g/mol. The molecule has 0 saturated heterocycles. The highest BCUT2D eigenvalue weighted by Gasteiger charge is 2.42. The lowest BCUT2D eigenvalue weighted by Crippen LogP contribution is -2.44. The molecular weight excluding hydrogens is 514 g/mol. The Bertz CT molecular complexity index is 1600. The number of hydrogen-bond donors (Lipinski definition) is 0. The summed E-state index contributed by atoms with van der Waals surface area (Å²) < 4.78 is 6.94. The Morgan fingerprint density at radius 3 is 1.93 bits per heavy atom. The molecule has 210 valence electrons. The summed E-state index contributed by atoms with van der Waals surface area (Å²) in [5, 5.41) is 9.87. The zero-order valence-electron chi connectivity index (χ0n) is 24.9. The van der Waals surface area contributed by atoms with E-state index in [1.54, 1.807) is 0 Å². The first-order valence-electron chi connectivity index (χ1n) is 14.8. The maximum absolute atomic E-state index is 9.87. The highest BCUT2D eigenvalue weighted by atomic mass is 16.5. The largest absolute Gasteiger partial charge is 0.478 e. The van der Waals surface area contributed by atoms with E-state index in [0.717, 1.165) is 42.6 Å². The predicted molar refractivity (Wildman–Crippen MR) is 170 cm³/mol. The van der Waals surface area contributed by atoms with Crippen LogP contribution in [0.25, 0.3) is 10.9 Å². The van der Waals surface area contributed by atoms with Crippen LogP contribution in [0.5, 0.6) is 0 Å². The summed E-state index contributed by atoms with van der Waals surface area (Å²) in [5.74, 6) is 0.631. The van der Waals surface area contributed by atoms with Gasteiger partial charge in [-0.25, -0.2) is 10.1 Å². The quantitative estimate of drug-likeness (QED) is 0.240. The molecule has 3 aliphatic rings. The van der Waals surface area contributed by atoms with Crippen LogP contribution in [0.2, 0.25) is 0 Å². The van der Waals surface area contributed by atoms with E-state index >= 15 is 0 Å². The fourth-order valence-corrected chi connectivity index (χ4v) is 6.80. The monoisotopic (exact) mass is 551 g/mol. The second-order valence-electron chi connectivity index (χ2n) is 13.0. The van der Waals surface area contributed by atoms with Crippen molar-refractivity contribution in [2.24, 2.45) is 0 Å². The Kier molecular flexibility index (Phi) is 6.83. The lowest BCUT2D eigenvalue weighted by molar-refractivity contribution is 0.0348. The molecule has 0 saturated carbocycles. The number of ether oxygens (including phenoxy) is 1. The first-order chi connectivity index (χ1) is 20.2. The van der Waals surface area contributed by atoms with E-state index in [-0.39, 0.29) is 16.5 Å². The Labute approximate surface area is 250 Å². The molecule has 0 N–H and O–H groups in total. The minimum Gasteiger partial charge on any atom is -0.478 e. The molecule has 42 heavy (non-hydrogen) atoms. The van der Waals surface area contributed by atoms with Crippen molar-refractivity contribution in [3.8, 4) is 6.07 Å². The van der Waals surface area contributed by atoms with Crippen LogP contribution in [0.15, 0.2) is 102 Å². The number of rotatable bonds is 4. The fourth-order valence-electron chi connectivity index (χ4n) is 6.80. The molecule has 0 fully saturated rings. The molecule has 0 spiro atoms. The van der Waals surface area contributed by atoms with E-state index in [4.69, 9.17) is 11.3 Å². The number of benzene rings is 3. The van der Waals surface area contributed by atoms with Gasteiger partial charge in [0.1, 0.15) is 5.76 Å². The van der Waals surface area contributed by atoms with Crippen molar-refractivity contribution in [3.05, 3.63) is 141 Å². The van der Waals surface area contributed by atoms with Gasteiger partial charge in [-0.1, -0.05) is 94.4 Å². The first kappa shape index (κ1) is 27.6. The molecule has 0 bridgehead atoms. The van der Waals surface area contributed by atoms with Crippen molar-refractivity contribution in [1.29, 1.82) is 5.26 Å². The molecule has 6 rings (SSSR count). The Morgan fingerprint density at radius 2 is 1.43 bits per heavy atom. The number of nitrogens with zero attached hydrogens (tertiary/aromatic N) is 3. The Balaban J connectivity index is 1.49. The van der Waals surface area contributed by atoms with Crippen LogP contribution in [-0.2, 0) is 21.2 Å². The van der Waals surface area contributed by atoms with E-state index in [0.29, 0.717) is 17.8 Å². The van der Waals surface area contributed by atoms with E-state index in [1.807, 2.05) is 48.6 Å². The Morgan fingerprint density at radius 1 is 0.881 bits per heavy atom. The normalized spacial score (nSPS) is 20.9. The minimum atomic E-state index is -0.870. The SMILES string of the molecule is [C-]#[N+]/C(C#N)=C1C=C(/C=C/c2cc3c4c(c2)C(C)(C)CCN4CCC3(C)C)OC(c2ccccc2)(c2ccccc2)C\1. The van der Waals surface area contributed by atoms with Crippen molar-refractivity contribution in [3.63, 3.8) is 0 Å². The van der Waals surface area contributed by atoms with Crippen molar-refractivity contribution >= 4 is 11.8 Å². The summed E-state index contributed by atoms with van der Waals surface area (Å²) in [7, 11) is 0. The third-order valence-corrected chi connectivity index (χ3v) is 9.41. The zero-order valence-corrected chi connectivity index (χ0v) is 24.9. The fraction of sp³-hybridized carbons (Fsp3) is 0.316. The second kappa shape index (κ2) is 10.4. The van der Waals surface area contributed by atoms with Crippen molar-refractivity contribution in [1.82, 2.24) is 0 Å². The van der Waals surface area contributed by atoms with E-state index in [1.165, 1.54) is 16.8 Å². The van der Waals surface area contributed by atoms with Crippen LogP contribution < -0.4 is 4.90 Å². The van der Waals surface area contributed by atoms with Crippen molar-refractivity contribution in [2.75, 3.05) is 18.0 Å². The lowest BCUT2D eigenvalue weighted by atomic mass is 9.69. The smallest absolute Gasteiger partial charge is 0.265 e. The summed E-state index contributed by atoms with van der Waals surface area (Å²) in [5.41, 5.74) is 7.49. The molecule has 0 aromatic heterocycles. The average Bonchev–Trinajstić information content (AvgIpc) is 3.00. The van der Waals surface area contributed by atoms with Crippen LogP contribution in [-0.4, -0.2) is 13.1 Å². The van der Waals surface area contributed by atoms with Gasteiger partial charge < -0.3 is 9.64 Å². The first-order valence-corrected chi connectivity index (χ1v) is 14.8. The van der Waals surface area contributed by atoms with E-state index < -0.39 is 5.60 Å². The van der Waals surface area contributed by atoms with E-state index in [9.17, 15) is 5.26 Å². The van der Waals surface area contributed by atoms with Crippen LogP contribution in [0, 0.1) is 17.9 Å². The van der Waals surface area contributed by atoms with Crippen LogP contribution in [0.3, 0.4) is 0 Å². The number of anilines is 1. The van der Waals surface area contributed by atoms with Crippen LogP contribution in [0.1, 0.15) is 74.8 Å². The third-order valence-electron chi connectivity index (χ3n) is 9.41. The van der Waals surface area contributed by atoms with Gasteiger partial charge in [-0.05, 0) is 70.2 Å². The van der Waals surface area contributed by atoms with Gasteiger partial charge >= 0.3 is 0 Å². The van der Waals surface area contributed by atoms with Gasteiger partial charge in [-0.15, -0.1) is 0 Å². The molecular formula is C38H37N3O. The van der Waals surface area contributed by atoms with Crippen molar-refractivity contribution in [2.45, 2.75) is 63.4 Å². The molecule has 3 aromatic rings. The summed E-state index contributed by atoms with van der Waals surface area (Å²) >= 11 is 0. The maximum Gasteiger partial charge on any atom is 0.265 e. The molecule has 4 nitrogen and oxygen atoms in total. The molecule has 3 aromatic carbocycles. The molecule has 0 radical (unpaired) electrons. The van der Waals surface area contributed by atoms with Crippen molar-refractivity contribution < 1.29 is 4.74 Å². The summed E-state index contributed by atoms with van der Waals surface area (Å²) in [6.07, 6.45) is 8.69. The predicted octanol–water partition coefficient (Wildman–Crippen LogP) is 8.81. The summed E-state index contributed by atoms with van der Waals surface area (Å²) in [6.45, 7) is 19.4. The zero-order chi connectivity index (χ0) is 29.5. The number of hydrogen-bond acceptors (Lipinski definition) is 3. The van der Waals surface area contributed by atoms with Gasteiger partial charge in [0.25, 0.3) is 5.70 Å². The molecule has 0 atom stereocenters. The maximum atomic E-state index is 9.87. The van der Waals surface area contributed by atoms with Gasteiger partial charge in [0.2, 0.25) is 0 Å². The standard InChI is InChI=1S/C38H37N3O/c1-36(2)18-20-41-21-19-37(3,4)33-23-27(22-32(36)35(33)41)16-17-31-24-28(34(26-39)40-5)25-38(42-31,29-12-8-6-9-13-29)30-14-10-7-11-15-30/h6-17,22-24H,18-21,25H2,1-4H3/b17-16+,34-28+. The third kappa shape index (κ3) is 4.72. The van der Waals surface area contributed by atoms with E-state index in [2.05, 4.69) is 86.0 Å².